The summed E-state index contributed by atoms with van der Waals surface area (Å²) in [6.45, 7) is 0. The Labute approximate surface area is 132 Å². The summed E-state index contributed by atoms with van der Waals surface area (Å²) in [6.07, 6.45) is 0. The molecule has 0 aliphatic heterocycles. The van der Waals surface area contributed by atoms with Crippen LogP contribution in [0, 0.1) is 0 Å². The first kappa shape index (κ1) is 15.2. The van der Waals surface area contributed by atoms with Gasteiger partial charge in [0.25, 0.3) is 16.8 Å². The number of H-pyrrole nitrogens is 1. The number of aromatic amines is 1. The van der Waals surface area contributed by atoms with Crippen LogP contribution in [0.3, 0.4) is 0 Å². The van der Waals surface area contributed by atoms with E-state index in [-0.39, 0.29) is 5.65 Å². The molecule has 10 heteroatoms. The molecule has 23 heavy (non-hydrogen) atoms. The Morgan fingerprint density at radius 3 is 2.43 bits per heavy atom. The zero-order valence-corrected chi connectivity index (χ0v) is 13.0. The normalized spacial score (nSPS) is 12.5. The van der Waals surface area contributed by atoms with Gasteiger partial charge in [0.15, 0.2) is 11.2 Å². The van der Waals surface area contributed by atoms with Crippen LogP contribution in [-0.4, -0.2) is 27.9 Å². The fourth-order valence-corrected chi connectivity index (χ4v) is 2.69. The van der Waals surface area contributed by atoms with Crippen molar-refractivity contribution in [3.8, 4) is 11.4 Å². The monoisotopic (exact) mass is 335 g/mol. The molecule has 0 saturated heterocycles. The number of aryl methyl sites for hydroxylation is 2. The van der Waals surface area contributed by atoms with Gasteiger partial charge in [-0.25, -0.2) is 14.0 Å². The number of nitrogens with zero attached hydrogens (tertiary/aromatic N) is 3. The van der Waals surface area contributed by atoms with Gasteiger partial charge < -0.3 is 4.57 Å². The minimum Gasteiger partial charge on any atom is -0.321 e. The number of aromatic nitrogens is 4. The summed E-state index contributed by atoms with van der Waals surface area (Å²) in [5.74, 6) is 0.503. The number of fused-ring (bicyclic) bond motifs is 1. The molecule has 3 rings (SSSR count). The van der Waals surface area contributed by atoms with Crippen molar-refractivity contribution in [1.29, 1.82) is 0 Å². The van der Waals surface area contributed by atoms with Gasteiger partial charge in [-0.3, -0.25) is 23.6 Å². The van der Waals surface area contributed by atoms with Crippen LogP contribution < -0.4 is 16.0 Å². The summed E-state index contributed by atoms with van der Waals surface area (Å²) < 4.78 is 24.7. The molecule has 3 aromatic rings. The highest BCUT2D eigenvalue weighted by molar-refractivity contribution is 7.80. The van der Waals surface area contributed by atoms with Gasteiger partial charge in [-0.1, -0.05) is 0 Å². The van der Waals surface area contributed by atoms with Gasteiger partial charge in [0.1, 0.15) is 5.82 Å². The Morgan fingerprint density at radius 1 is 1.17 bits per heavy atom. The van der Waals surface area contributed by atoms with Gasteiger partial charge in [-0.05, 0) is 24.3 Å². The highest BCUT2D eigenvalue weighted by Gasteiger charge is 2.15. The van der Waals surface area contributed by atoms with Gasteiger partial charge in [0.05, 0.1) is 0 Å². The van der Waals surface area contributed by atoms with Gasteiger partial charge in [-0.15, -0.1) is 0 Å². The average molecular weight is 335 g/mol. The number of hydrogen-bond acceptors (Lipinski definition) is 4. The lowest BCUT2D eigenvalue weighted by atomic mass is 10.2. The summed E-state index contributed by atoms with van der Waals surface area (Å²) in [7, 11) is 3.21. The van der Waals surface area contributed by atoms with E-state index in [0.29, 0.717) is 22.6 Å². The van der Waals surface area contributed by atoms with Crippen molar-refractivity contribution in [3.63, 3.8) is 0 Å². The second kappa shape index (κ2) is 5.48. The molecule has 0 spiro atoms. The van der Waals surface area contributed by atoms with Gasteiger partial charge in [-0.2, -0.15) is 0 Å². The fraction of sp³-hybridized carbons (Fsp3) is 0.154. The quantitative estimate of drug-likeness (QED) is 0.589. The highest BCUT2D eigenvalue weighted by Crippen LogP contribution is 2.22. The predicted octanol–water partition coefficient (Wildman–Crippen LogP) is 0.176. The van der Waals surface area contributed by atoms with Crippen LogP contribution in [-0.2, 0) is 25.4 Å². The molecule has 120 valence electrons. The molecule has 9 nitrogen and oxygen atoms in total. The maximum absolute atomic E-state index is 12.0. The third kappa shape index (κ3) is 2.58. The lowest BCUT2D eigenvalue weighted by Gasteiger charge is -2.04. The minimum absolute atomic E-state index is 0.287. The van der Waals surface area contributed by atoms with E-state index in [9.17, 15) is 13.8 Å². The minimum atomic E-state index is -2.15. The Balaban J connectivity index is 2.17. The van der Waals surface area contributed by atoms with E-state index in [1.807, 2.05) is 0 Å². The Bertz CT molecular complexity index is 1030. The number of rotatable bonds is 3. The van der Waals surface area contributed by atoms with Crippen LogP contribution in [0.5, 0.6) is 0 Å². The van der Waals surface area contributed by atoms with Gasteiger partial charge in [0, 0.05) is 25.3 Å². The largest absolute Gasteiger partial charge is 0.329 e. The zero-order chi connectivity index (χ0) is 16.7. The summed E-state index contributed by atoms with van der Waals surface area (Å²) in [5, 5.41) is 0. The lowest BCUT2D eigenvalue weighted by molar-refractivity contribution is 0.570. The standard InChI is InChI=1S/C13H13N5O4S/c1-17-9-11(18(2)13(20)15-12(9)19)14-10(17)7-3-5-8(6-4-7)16-23(21)22/h3-6,16H,1-2H3,(H,21,22)(H,15,19,20). The van der Waals surface area contributed by atoms with E-state index in [2.05, 4.69) is 14.7 Å². The molecular formula is C13H13N5O4S. The molecule has 1 unspecified atom stereocenters. The van der Waals surface area contributed by atoms with Gasteiger partial charge in [0.2, 0.25) is 0 Å². The molecule has 0 fully saturated rings. The second-order valence-corrected chi connectivity index (χ2v) is 5.62. The van der Waals surface area contributed by atoms with E-state index < -0.39 is 22.5 Å². The smallest absolute Gasteiger partial charge is 0.321 e. The average Bonchev–Trinajstić information content (AvgIpc) is 2.83. The Kier molecular flexibility index (Phi) is 3.62. The van der Waals surface area contributed by atoms with Crippen molar-refractivity contribution < 1.29 is 8.76 Å². The molecule has 0 saturated carbocycles. The first-order valence-corrected chi connectivity index (χ1v) is 7.63. The molecule has 2 aromatic heterocycles. The summed E-state index contributed by atoms with van der Waals surface area (Å²) >= 11 is -2.15. The van der Waals surface area contributed by atoms with Crippen LogP contribution in [0.2, 0.25) is 0 Å². The van der Waals surface area contributed by atoms with Crippen molar-refractivity contribution in [2.75, 3.05) is 4.72 Å². The molecule has 0 radical (unpaired) electrons. The van der Waals surface area contributed by atoms with Gasteiger partial charge >= 0.3 is 5.69 Å². The number of hydrogen-bond donors (Lipinski definition) is 3. The van der Waals surface area contributed by atoms with Crippen molar-refractivity contribution in [2.45, 2.75) is 0 Å². The van der Waals surface area contributed by atoms with E-state index in [1.165, 1.54) is 11.6 Å². The summed E-state index contributed by atoms with van der Waals surface area (Å²) in [5.41, 5.74) is 0.717. The fourth-order valence-electron chi connectivity index (χ4n) is 2.35. The molecule has 1 aromatic carbocycles. The first-order chi connectivity index (χ1) is 10.9. The molecule has 3 N–H and O–H groups in total. The maximum Gasteiger partial charge on any atom is 0.329 e. The molecular weight excluding hydrogens is 322 g/mol. The molecule has 1 atom stereocenters. The van der Waals surface area contributed by atoms with Crippen molar-refractivity contribution in [3.05, 3.63) is 45.1 Å². The second-order valence-electron chi connectivity index (χ2n) is 4.91. The third-order valence-electron chi connectivity index (χ3n) is 3.48. The van der Waals surface area contributed by atoms with Crippen molar-refractivity contribution >= 4 is 28.1 Å². The van der Waals surface area contributed by atoms with Crippen LogP contribution in [0.4, 0.5) is 5.69 Å². The third-order valence-corrected chi connectivity index (χ3v) is 3.89. The van der Waals surface area contributed by atoms with Crippen LogP contribution in [0.25, 0.3) is 22.6 Å². The van der Waals surface area contributed by atoms with E-state index in [1.54, 1.807) is 35.9 Å². The van der Waals surface area contributed by atoms with Crippen LogP contribution in [0.15, 0.2) is 33.9 Å². The number of nitrogens with one attached hydrogen (secondary N) is 2. The SMILES string of the molecule is Cn1c(-c2ccc(NS(=O)O)cc2)nc2c1c(=O)[nH]c(=O)n2C. The number of anilines is 1. The lowest BCUT2D eigenvalue weighted by Crippen LogP contribution is -2.29. The van der Waals surface area contributed by atoms with Crippen molar-refractivity contribution in [1.82, 2.24) is 19.1 Å². The zero-order valence-electron chi connectivity index (χ0n) is 12.2. The Morgan fingerprint density at radius 2 is 1.83 bits per heavy atom. The molecule has 2 heterocycles. The van der Waals surface area contributed by atoms with Crippen LogP contribution in [0.1, 0.15) is 0 Å². The first-order valence-electron chi connectivity index (χ1n) is 6.52. The molecule has 0 bridgehead atoms. The molecule has 0 aliphatic carbocycles. The molecule has 0 aliphatic rings. The number of benzene rings is 1. The van der Waals surface area contributed by atoms with E-state index in [4.69, 9.17) is 4.55 Å². The summed E-state index contributed by atoms with van der Waals surface area (Å²) in [4.78, 5) is 30.3. The van der Waals surface area contributed by atoms with E-state index >= 15 is 0 Å². The highest BCUT2D eigenvalue weighted by atomic mass is 32.2. The predicted molar refractivity (Wildman–Crippen MR) is 86.4 cm³/mol. The maximum atomic E-state index is 12.0. The van der Waals surface area contributed by atoms with Crippen LogP contribution >= 0.6 is 0 Å². The Hall–Kier alpha value is -2.72. The van der Waals surface area contributed by atoms with Crippen molar-refractivity contribution in [2.24, 2.45) is 14.1 Å². The topological polar surface area (TPSA) is 122 Å². The molecule has 0 amide bonds. The summed E-state index contributed by atoms with van der Waals surface area (Å²) in [6, 6.07) is 6.63. The number of imidazole rings is 1. The van der Waals surface area contributed by atoms with E-state index in [0.717, 1.165) is 0 Å².